The Hall–Kier alpha value is -1.18. The van der Waals surface area contributed by atoms with E-state index < -0.39 is 11.9 Å². The molecule has 1 heterocycles. The van der Waals surface area contributed by atoms with Crippen molar-refractivity contribution in [1.82, 2.24) is 0 Å². The lowest BCUT2D eigenvalue weighted by molar-refractivity contribution is -0.177. The maximum absolute atomic E-state index is 10.1. The number of aliphatic hydroxyl groups is 2. The summed E-state index contributed by atoms with van der Waals surface area (Å²) in [4.78, 5) is 0. The van der Waals surface area contributed by atoms with Crippen LogP contribution >= 0.6 is 0 Å². The molecule has 1 aromatic rings. The summed E-state index contributed by atoms with van der Waals surface area (Å²) in [6.45, 7) is 3.87. The van der Waals surface area contributed by atoms with Crippen LogP contribution in [0.15, 0.2) is 24.3 Å². The zero-order valence-electron chi connectivity index (χ0n) is 14.3. The summed E-state index contributed by atoms with van der Waals surface area (Å²) in [5, 5.41) is 19.4. The van der Waals surface area contributed by atoms with E-state index in [1.165, 1.54) is 0 Å². The summed E-state index contributed by atoms with van der Waals surface area (Å²) < 4.78 is 23.1. The molecule has 3 rings (SSSR count). The van der Waals surface area contributed by atoms with Gasteiger partial charge >= 0.3 is 0 Å². The van der Waals surface area contributed by atoms with Gasteiger partial charge in [-0.1, -0.05) is 12.1 Å². The normalized spacial score (nSPS) is 32.5. The highest BCUT2D eigenvalue weighted by molar-refractivity contribution is 5.26. The minimum atomic E-state index is -0.829. The van der Waals surface area contributed by atoms with E-state index in [-0.39, 0.29) is 30.8 Å². The lowest BCUT2D eigenvalue weighted by atomic mass is 9.99. The highest BCUT2D eigenvalue weighted by Gasteiger charge is 2.56. The van der Waals surface area contributed by atoms with Crippen molar-refractivity contribution in [3.63, 3.8) is 0 Å². The summed E-state index contributed by atoms with van der Waals surface area (Å²) >= 11 is 0. The third-order valence-electron chi connectivity index (χ3n) is 4.76. The molecule has 0 aromatic heterocycles. The van der Waals surface area contributed by atoms with Crippen LogP contribution in [-0.4, -0.2) is 54.1 Å². The van der Waals surface area contributed by atoms with Crippen LogP contribution < -0.4 is 4.74 Å². The van der Waals surface area contributed by atoms with Gasteiger partial charge in [0.2, 0.25) is 0 Å². The van der Waals surface area contributed by atoms with E-state index in [9.17, 15) is 10.2 Å². The van der Waals surface area contributed by atoms with Crippen molar-refractivity contribution in [3.8, 4) is 5.75 Å². The number of hydrogen-bond acceptors (Lipinski definition) is 6. The van der Waals surface area contributed by atoms with E-state index in [2.05, 4.69) is 0 Å². The lowest BCUT2D eigenvalue weighted by Crippen LogP contribution is -2.34. The maximum atomic E-state index is 10.1. The summed E-state index contributed by atoms with van der Waals surface area (Å²) in [6, 6.07) is 7.71. The van der Waals surface area contributed by atoms with Crippen molar-refractivity contribution in [2.24, 2.45) is 5.92 Å². The van der Waals surface area contributed by atoms with Crippen molar-refractivity contribution in [1.29, 1.82) is 0 Å². The topological polar surface area (TPSA) is 77.4 Å². The molecule has 2 aliphatic rings. The second kappa shape index (κ2) is 6.98. The van der Waals surface area contributed by atoms with Gasteiger partial charge in [-0.05, 0) is 38.0 Å². The fraction of sp³-hybridized carbons (Fsp3) is 0.667. The van der Waals surface area contributed by atoms with Crippen LogP contribution in [0.4, 0.5) is 0 Å². The summed E-state index contributed by atoms with van der Waals surface area (Å²) in [5.41, 5.74) is 1.04. The van der Waals surface area contributed by atoms with Gasteiger partial charge in [0.15, 0.2) is 5.79 Å². The third kappa shape index (κ3) is 3.58. The number of ether oxygens (including phenoxy) is 4. The standard InChI is InChI=1S/C18H26O6/c1-18(2)23-16-13(14(20)9-19)8-15(17(16)24-18)22-10-11-4-6-12(21-3)7-5-11/h4-7,13-17,19-20H,8-10H2,1-3H3/t13-,14-,15?,16-,17+/m1/s1. The third-order valence-corrected chi connectivity index (χ3v) is 4.76. The van der Waals surface area contributed by atoms with E-state index in [4.69, 9.17) is 18.9 Å². The first-order valence-corrected chi connectivity index (χ1v) is 8.32. The maximum Gasteiger partial charge on any atom is 0.163 e. The molecule has 6 nitrogen and oxygen atoms in total. The van der Waals surface area contributed by atoms with Gasteiger partial charge in [0.25, 0.3) is 0 Å². The van der Waals surface area contributed by atoms with Crippen LogP contribution in [0.3, 0.4) is 0 Å². The highest BCUT2D eigenvalue weighted by atomic mass is 16.8. The van der Waals surface area contributed by atoms with E-state index in [0.717, 1.165) is 11.3 Å². The first-order valence-electron chi connectivity index (χ1n) is 8.32. The first kappa shape index (κ1) is 17.6. The number of aliphatic hydroxyl groups excluding tert-OH is 2. The second-order valence-corrected chi connectivity index (χ2v) is 6.91. The Morgan fingerprint density at radius 1 is 1.21 bits per heavy atom. The minimum absolute atomic E-state index is 0.176. The Balaban J connectivity index is 1.66. The Kier molecular flexibility index (Phi) is 5.13. The van der Waals surface area contributed by atoms with E-state index in [0.29, 0.717) is 13.0 Å². The summed E-state index contributed by atoms with van der Waals surface area (Å²) in [7, 11) is 1.63. The average Bonchev–Trinajstić information content (AvgIpc) is 3.06. The molecule has 2 fully saturated rings. The fourth-order valence-electron chi connectivity index (χ4n) is 3.57. The molecule has 1 saturated carbocycles. The monoisotopic (exact) mass is 338 g/mol. The molecule has 0 bridgehead atoms. The molecular weight excluding hydrogens is 312 g/mol. The molecule has 5 atom stereocenters. The number of benzene rings is 1. The fourth-order valence-corrected chi connectivity index (χ4v) is 3.57. The Labute approximate surface area is 142 Å². The van der Waals surface area contributed by atoms with Crippen LogP contribution in [0.1, 0.15) is 25.8 Å². The van der Waals surface area contributed by atoms with Gasteiger partial charge in [0.05, 0.1) is 38.6 Å². The van der Waals surface area contributed by atoms with Crippen molar-refractivity contribution >= 4 is 0 Å². The number of rotatable bonds is 6. The molecule has 1 aliphatic heterocycles. The van der Waals surface area contributed by atoms with E-state index >= 15 is 0 Å². The van der Waals surface area contributed by atoms with Gasteiger partial charge < -0.3 is 29.2 Å². The quantitative estimate of drug-likeness (QED) is 0.818. The summed E-state index contributed by atoms with van der Waals surface area (Å²) in [5.74, 6) is -0.0898. The summed E-state index contributed by atoms with van der Waals surface area (Å²) in [6.07, 6.45) is -0.898. The number of methoxy groups -OCH3 is 1. The molecule has 1 saturated heterocycles. The minimum Gasteiger partial charge on any atom is -0.497 e. The first-order chi connectivity index (χ1) is 11.4. The van der Waals surface area contributed by atoms with Gasteiger partial charge in [-0.15, -0.1) is 0 Å². The molecule has 0 amide bonds. The Morgan fingerprint density at radius 3 is 2.50 bits per heavy atom. The molecule has 134 valence electrons. The number of fused-ring (bicyclic) bond motifs is 1. The van der Waals surface area contributed by atoms with Gasteiger partial charge in [-0.3, -0.25) is 0 Å². The van der Waals surface area contributed by atoms with E-state index in [1.54, 1.807) is 7.11 Å². The Morgan fingerprint density at radius 2 is 1.88 bits per heavy atom. The smallest absolute Gasteiger partial charge is 0.163 e. The van der Waals surface area contributed by atoms with Crippen LogP contribution in [-0.2, 0) is 20.8 Å². The lowest BCUT2D eigenvalue weighted by Gasteiger charge is -2.25. The van der Waals surface area contributed by atoms with Crippen LogP contribution in [0.5, 0.6) is 5.75 Å². The molecule has 24 heavy (non-hydrogen) atoms. The van der Waals surface area contributed by atoms with Crippen LogP contribution in [0.25, 0.3) is 0 Å². The zero-order chi connectivity index (χ0) is 17.3. The van der Waals surface area contributed by atoms with Gasteiger partial charge in [0.1, 0.15) is 11.9 Å². The van der Waals surface area contributed by atoms with Crippen LogP contribution in [0, 0.1) is 5.92 Å². The molecule has 1 aromatic carbocycles. The molecule has 6 heteroatoms. The van der Waals surface area contributed by atoms with Gasteiger partial charge in [-0.25, -0.2) is 0 Å². The van der Waals surface area contributed by atoms with Gasteiger partial charge in [0, 0.05) is 5.92 Å². The molecule has 0 radical (unpaired) electrons. The second-order valence-electron chi connectivity index (χ2n) is 6.91. The molecule has 1 unspecified atom stereocenters. The predicted octanol–water partition coefficient (Wildman–Crippen LogP) is 1.47. The van der Waals surface area contributed by atoms with Crippen molar-refractivity contribution in [3.05, 3.63) is 29.8 Å². The van der Waals surface area contributed by atoms with Crippen molar-refractivity contribution in [2.75, 3.05) is 13.7 Å². The molecule has 1 aliphatic carbocycles. The SMILES string of the molecule is COc1ccc(COC2C[C@H]([C@H](O)CO)[C@H]3OC(C)(C)O[C@@H]23)cc1. The predicted molar refractivity (Wildman–Crippen MR) is 86.6 cm³/mol. The Bertz CT molecular complexity index is 543. The zero-order valence-corrected chi connectivity index (χ0v) is 14.3. The highest BCUT2D eigenvalue weighted by Crippen LogP contribution is 2.44. The number of hydrogen-bond donors (Lipinski definition) is 2. The average molecular weight is 338 g/mol. The molecule has 0 spiro atoms. The van der Waals surface area contributed by atoms with Crippen LogP contribution in [0.2, 0.25) is 0 Å². The molecular formula is C18H26O6. The van der Waals surface area contributed by atoms with Crippen molar-refractivity contribution in [2.45, 2.75) is 57.1 Å². The van der Waals surface area contributed by atoms with Crippen molar-refractivity contribution < 1.29 is 29.2 Å². The van der Waals surface area contributed by atoms with Gasteiger partial charge in [-0.2, -0.15) is 0 Å². The molecule has 2 N–H and O–H groups in total. The largest absolute Gasteiger partial charge is 0.497 e. The van der Waals surface area contributed by atoms with E-state index in [1.807, 2.05) is 38.1 Å².